The van der Waals surface area contributed by atoms with Crippen molar-refractivity contribution in [2.24, 2.45) is 35.9 Å². The predicted octanol–water partition coefficient (Wildman–Crippen LogP) is 14.5. The van der Waals surface area contributed by atoms with E-state index in [4.69, 9.17) is 14.7 Å². The highest BCUT2D eigenvalue weighted by Gasteiger charge is 2.41. The molecule has 10 aliphatic rings. The van der Waals surface area contributed by atoms with Crippen molar-refractivity contribution >= 4 is 126 Å². The minimum atomic E-state index is -4.56. The zero-order valence-electron chi connectivity index (χ0n) is 81.3. The van der Waals surface area contributed by atoms with Crippen LogP contribution in [0, 0.1) is 5.92 Å². The molecule has 150 heavy (non-hydrogen) atoms. The molecule has 5 saturated heterocycles. The first kappa shape index (κ1) is 101. The number of imidazole rings is 5. The number of aromatic nitrogens is 25. The number of fused-ring (bicyclic) bond motifs is 5. The molecule has 0 spiro atoms. The van der Waals surface area contributed by atoms with E-state index in [9.17, 15) is 39.5 Å². The molecule has 25 rings (SSSR count). The van der Waals surface area contributed by atoms with Gasteiger partial charge in [-0.2, -0.15) is 39.5 Å². The van der Waals surface area contributed by atoms with Crippen LogP contribution in [0.25, 0.3) is 85.8 Å². The van der Waals surface area contributed by atoms with Gasteiger partial charge in [-0.1, -0.05) is 24.3 Å². The van der Waals surface area contributed by atoms with E-state index in [1.807, 2.05) is 95.9 Å². The minimum absolute atomic E-state index is 0.0370. The highest BCUT2D eigenvalue weighted by molar-refractivity contribution is 9.10. The summed E-state index contributed by atoms with van der Waals surface area (Å²) in [6, 6.07) is 11.1. The summed E-state index contributed by atoms with van der Waals surface area (Å²) < 4.78 is 133. The SMILES string of the molecule is CC1CN(c2ccnc(-c3cnc4cnc(Br)cn34)n2)C(C)C(C2=CCC=N2)N1.CC1CN(c2ccnc(-c3cnc4cnc(Br)cn34)n2)C(C)C(C2=CCC=N2)N1.CC1CN(c2ccnc(-c3cnc4cnc(C(F)(F)F)cn34)n2)CC(C2=CCC=N2)N1.CC1CN(c2ccnc(-c3cnc4cnc(C(F)(F)F)cn34)n2)CC(C2=CCC=N2)O1.FC(F)(F)c1cn2c(-c3nccc(N4CCCC(C5=NCN=C5)C4)n3)cnc2cn1. The molecule has 0 radical (unpaired) electrons. The van der Waals surface area contributed by atoms with E-state index in [2.05, 4.69) is 245 Å². The van der Waals surface area contributed by atoms with Gasteiger partial charge in [0.2, 0.25) is 0 Å². The Morgan fingerprint density at radius 1 is 0.360 bits per heavy atom. The van der Waals surface area contributed by atoms with Crippen molar-refractivity contribution in [3.05, 3.63) is 228 Å². The summed E-state index contributed by atoms with van der Waals surface area (Å²) in [4.78, 5) is 123. The van der Waals surface area contributed by atoms with Crippen molar-refractivity contribution in [2.75, 3.05) is 83.5 Å². The number of piperidine rings is 1. The molecule has 0 aliphatic carbocycles. The second-order valence-corrected chi connectivity index (χ2v) is 38.7. The second kappa shape index (κ2) is 42.7. The fourth-order valence-electron chi connectivity index (χ4n) is 19.5. The molecule has 11 atom stereocenters. The zero-order valence-corrected chi connectivity index (χ0v) is 84.4. The summed E-state index contributed by atoms with van der Waals surface area (Å²) in [7, 11) is 0. The zero-order chi connectivity index (χ0) is 104. The number of alkyl halides is 9. The molecule has 770 valence electrons. The number of nitrogens with zero attached hydrogens (tertiary/aromatic N) is 36. The number of anilines is 5. The Balaban J connectivity index is 0.000000109. The van der Waals surface area contributed by atoms with Crippen LogP contribution in [0.15, 0.2) is 241 Å². The molecule has 15 aromatic heterocycles. The number of ether oxygens (including phenoxy) is 1. The molecule has 40 nitrogen and oxygen atoms in total. The topological polar surface area (TPSA) is 416 Å². The van der Waals surface area contributed by atoms with Crippen molar-refractivity contribution in [3.8, 4) is 57.6 Å². The van der Waals surface area contributed by atoms with Crippen molar-refractivity contribution in [2.45, 2.75) is 159 Å². The predicted molar refractivity (Wildman–Crippen MR) is 553 cm³/mol. The molecular formula is C99H96Br2F9N39O. The van der Waals surface area contributed by atoms with Crippen LogP contribution in [0.5, 0.6) is 0 Å². The second-order valence-electron chi connectivity index (χ2n) is 37.1. The van der Waals surface area contributed by atoms with Gasteiger partial charge in [0.25, 0.3) is 0 Å². The molecule has 15 aromatic rings. The van der Waals surface area contributed by atoms with Crippen molar-refractivity contribution in [1.82, 2.24) is 138 Å². The van der Waals surface area contributed by atoms with Crippen LogP contribution in [0.4, 0.5) is 68.6 Å². The normalized spacial score (nSPS) is 22.3. The molecule has 0 saturated carbocycles. The lowest BCUT2D eigenvalue weighted by Gasteiger charge is -2.44. The van der Waals surface area contributed by atoms with Gasteiger partial charge < -0.3 is 45.2 Å². The molecule has 0 bridgehead atoms. The Morgan fingerprint density at radius 2 is 0.720 bits per heavy atom. The number of hydrogen-bond acceptors (Lipinski definition) is 35. The highest BCUT2D eigenvalue weighted by atomic mass is 79.9. The molecular weight excluding hydrogens is 2080 g/mol. The number of nitrogens with one attached hydrogen (secondary N) is 3. The van der Waals surface area contributed by atoms with Crippen LogP contribution in [0.1, 0.15) is 97.1 Å². The van der Waals surface area contributed by atoms with E-state index in [1.165, 1.54) is 31.8 Å². The Morgan fingerprint density at radius 3 is 1.11 bits per heavy atom. The van der Waals surface area contributed by atoms with Gasteiger partial charge in [0, 0.05) is 201 Å². The Bertz CT molecular complexity index is 7520. The average Bonchev–Trinajstić information content (AvgIpc) is 1.59. The molecule has 11 unspecified atom stereocenters. The smallest absolute Gasteiger partial charge is 0.365 e. The van der Waals surface area contributed by atoms with Gasteiger partial charge in [-0.25, -0.2) is 99.7 Å². The number of morpholine rings is 1. The van der Waals surface area contributed by atoms with Gasteiger partial charge in [-0.15, -0.1) is 0 Å². The van der Waals surface area contributed by atoms with Crippen LogP contribution >= 0.6 is 31.9 Å². The lowest BCUT2D eigenvalue weighted by Crippen LogP contribution is -2.61. The number of allylic oxidation sites excluding steroid dienone is 4. The standard InChI is InChI=1S/2C20H21BrN8.C20H19F3N8.C20H18F3N7O.C19H17F3N8/c2*1-12-10-28(13(2)19(26-12)14-4-3-6-22-14)17-5-7-23-20(27-17)15-8-25-18-9-24-16(21)11-29(15)18;1-12-9-30(10-14(28-12)13-3-2-5-24-13)17-4-6-25-19(29-17)15-7-27-18-8-26-16(11-31(15)18)20(21,22)23;1-12-9-29(10-15(31-12)13-3-2-5-24-13)17-4-6-25-19(28-17)14-7-27-18-8-26-16(11-30(14)18)20(21,22)23;20-19(21,22)15-10-30-14(7-26-17(30)8-25-15)18-24-4-3-16(28-18)29-5-1-2-12(9-29)13-6-23-11-27-13/h2*4-9,11-13,19,26H,3,10H2,1-2H3;3-8,11-12,14,28H,2,9-10H2,1H3;3-8,11-12,15H,2,9-10H2,1H3;3-4,6-8,10,12H,1-2,5,9,11H2. The number of piperazine rings is 3. The van der Waals surface area contributed by atoms with E-state index < -0.39 is 35.6 Å². The first-order chi connectivity index (χ1) is 72.4. The largest absolute Gasteiger partial charge is 0.434 e. The third-order valence-corrected chi connectivity index (χ3v) is 27.4. The summed E-state index contributed by atoms with van der Waals surface area (Å²) in [6.45, 7) is 19.3. The van der Waals surface area contributed by atoms with E-state index in [1.54, 1.807) is 55.5 Å². The first-order valence-electron chi connectivity index (χ1n) is 48.5. The minimum Gasteiger partial charge on any atom is -0.365 e. The molecule has 10 aliphatic heterocycles. The average molecular weight is 2180 g/mol. The number of aliphatic imine (C=N–C) groups is 6. The van der Waals surface area contributed by atoms with Gasteiger partial charge in [0.05, 0.1) is 121 Å². The quantitative estimate of drug-likeness (QED) is 0.0802. The molecule has 0 amide bonds. The van der Waals surface area contributed by atoms with Crippen molar-refractivity contribution < 1.29 is 44.3 Å². The number of halogens is 11. The summed E-state index contributed by atoms with van der Waals surface area (Å²) in [6.07, 6.45) is 39.2. The van der Waals surface area contributed by atoms with E-state index in [-0.39, 0.29) is 59.9 Å². The summed E-state index contributed by atoms with van der Waals surface area (Å²) in [5.41, 5.74) is 7.30. The van der Waals surface area contributed by atoms with Crippen LogP contribution in [-0.2, 0) is 23.3 Å². The van der Waals surface area contributed by atoms with Gasteiger partial charge in [-0.3, -0.25) is 52.0 Å². The molecule has 51 heteroatoms. The van der Waals surface area contributed by atoms with Crippen LogP contribution < -0.4 is 40.4 Å². The maximum atomic E-state index is 13.1. The number of rotatable bonds is 15. The van der Waals surface area contributed by atoms with Gasteiger partial charge in [0.1, 0.15) is 79.5 Å². The molecule has 0 aromatic carbocycles. The van der Waals surface area contributed by atoms with Crippen molar-refractivity contribution in [1.29, 1.82) is 0 Å². The lowest BCUT2D eigenvalue weighted by atomic mass is 9.93. The highest BCUT2D eigenvalue weighted by Crippen LogP contribution is 2.38. The van der Waals surface area contributed by atoms with E-state index >= 15 is 0 Å². The van der Waals surface area contributed by atoms with E-state index in [0.717, 1.165) is 186 Å². The van der Waals surface area contributed by atoms with Crippen LogP contribution in [0.2, 0.25) is 0 Å². The Hall–Kier alpha value is -15.4. The van der Waals surface area contributed by atoms with Crippen LogP contribution in [0.3, 0.4) is 0 Å². The van der Waals surface area contributed by atoms with Gasteiger partial charge >= 0.3 is 18.5 Å². The summed E-state index contributed by atoms with van der Waals surface area (Å²) >= 11 is 6.84. The lowest BCUT2D eigenvalue weighted by molar-refractivity contribution is -0.142. The maximum absolute atomic E-state index is 13.1. The van der Waals surface area contributed by atoms with Gasteiger partial charge in [0.15, 0.2) is 74.4 Å². The van der Waals surface area contributed by atoms with Crippen LogP contribution in [-0.4, -0.2) is 278 Å². The monoisotopic (exact) mass is 2180 g/mol. The Labute approximate surface area is 866 Å². The third-order valence-electron chi connectivity index (χ3n) is 26.6. The molecule has 25 heterocycles. The fraction of sp³-hybridized carbons (Fsp3) is 0.354. The Kier molecular flexibility index (Phi) is 28.6. The van der Waals surface area contributed by atoms with Gasteiger partial charge in [-0.05, 0) is 117 Å². The fourth-order valence-corrected chi connectivity index (χ4v) is 20.1. The molecule has 5 fully saturated rings. The number of hydrogen-bond donors (Lipinski definition) is 3. The molecule has 3 N–H and O–H groups in total. The summed E-state index contributed by atoms with van der Waals surface area (Å²) in [5.74, 6) is 6.35. The van der Waals surface area contributed by atoms with Crippen molar-refractivity contribution in [3.63, 3.8) is 0 Å². The summed E-state index contributed by atoms with van der Waals surface area (Å²) in [5, 5.41) is 10.9. The third kappa shape index (κ3) is 21.9. The maximum Gasteiger partial charge on any atom is 0.434 e. The van der Waals surface area contributed by atoms with E-state index in [0.29, 0.717) is 108 Å². The first-order valence-corrected chi connectivity index (χ1v) is 50.1.